The summed E-state index contributed by atoms with van der Waals surface area (Å²) in [5, 5.41) is 18.7. The second-order valence-electron chi connectivity index (χ2n) is 8.99. The molecule has 3 aromatic carbocycles. The number of nitrogens with zero attached hydrogens (tertiary/aromatic N) is 4. The maximum absolute atomic E-state index is 10.3. The van der Waals surface area contributed by atoms with Crippen LogP contribution in [0, 0.1) is 0 Å². The number of aromatic hydroxyl groups is 1. The Balaban J connectivity index is 1.17. The van der Waals surface area contributed by atoms with Gasteiger partial charge in [0.1, 0.15) is 11.0 Å². The van der Waals surface area contributed by atoms with Gasteiger partial charge in [0.2, 0.25) is 11.8 Å². The van der Waals surface area contributed by atoms with Gasteiger partial charge in [0.25, 0.3) is 0 Å². The topological polar surface area (TPSA) is 65.6 Å². The van der Waals surface area contributed by atoms with E-state index in [1.54, 1.807) is 17.8 Å². The van der Waals surface area contributed by atoms with Crippen LogP contribution in [0.25, 0.3) is 17.5 Å². The Morgan fingerprint density at radius 2 is 1.65 bits per heavy atom. The summed E-state index contributed by atoms with van der Waals surface area (Å²) in [4.78, 5) is 4.94. The Kier molecular flexibility index (Phi) is 8.23. The van der Waals surface area contributed by atoms with E-state index in [-0.39, 0.29) is 11.0 Å². The predicted molar refractivity (Wildman–Crippen MR) is 152 cm³/mol. The van der Waals surface area contributed by atoms with Gasteiger partial charge in [-0.15, -0.1) is 22.0 Å². The number of benzene rings is 3. The van der Waals surface area contributed by atoms with E-state index < -0.39 is 0 Å². The molecule has 0 saturated carbocycles. The Bertz CT molecular complexity index is 1300. The van der Waals surface area contributed by atoms with Gasteiger partial charge in [0.05, 0.1) is 0 Å². The van der Waals surface area contributed by atoms with Gasteiger partial charge in [-0.3, -0.25) is 4.90 Å². The van der Waals surface area contributed by atoms with E-state index in [0.29, 0.717) is 11.8 Å². The summed E-state index contributed by atoms with van der Waals surface area (Å²) >= 11 is 1.66. The number of piperazine rings is 1. The van der Waals surface area contributed by atoms with E-state index in [2.05, 4.69) is 81.5 Å². The zero-order valence-corrected chi connectivity index (χ0v) is 21.8. The molecule has 1 saturated heterocycles. The van der Waals surface area contributed by atoms with Gasteiger partial charge in [0.15, 0.2) is 0 Å². The van der Waals surface area contributed by atoms with Crippen molar-refractivity contribution in [2.24, 2.45) is 0 Å². The molecule has 1 aliphatic rings. The second kappa shape index (κ2) is 12.1. The fourth-order valence-electron chi connectivity index (χ4n) is 4.53. The smallest absolute Gasteiger partial charge is 0.247 e. The zero-order chi connectivity index (χ0) is 25.5. The van der Waals surface area contributed by atoms with Crippen LogP contribution in [0.15, 0.2) is 89.4 Å². The number of phenolic OH excluding ortho intramolecular Hbond substituents is 1. The van der Waals surface area contributed by atoms with Crippen molar-refractivity contribution in [3.8, 4) is 17.2 Å². The molecule has 37 heavy (non-hydrogen) atoms. The van der Waals surface area contributed by atoms with Crippen molar-refractivity contribution in [3.63, 3.8) is 0 Å². The maximum Gasteiger partial charge on any atom is 0.247 e. The summed E-state index contributed by atoms with van der Waals surface area (Å²) in [6.45, 7) is 7.26. The molecular formula is C30H32N4O2S. The molecule has 0 bridgehead atoms. The molecule has 5 rings (SSSR count). The lowest BCUT2D eigenvalue weighted by atomic mass is 10.1. The average molecular weight is 513 g/mol. The number of hydrogen-bond donors (Lipinski definition) is 1. The Labute approximate surface area is 222 Å². The van der Waals surface area contributed by atoms with Crippen molar-refractivity contribution in [1.29, 1.82) is 0 Å². The first-order valence-corrected chi connectivity index (χ1v) is 13.8. The lowest BCUT2D eigenvalue weighted by Crippen LogP contribution is -2.46. The lowest BCUT2D eigenvalue weighted by Gasteiger charge is -2.35. The molecule has 0 spiro atoms. The molecule has 7 heteroatoms. The molecule has 2 heterocycles. The van der Waals surface area contributed by atoms with Crippen LogP contribution in [0.2, 0.25) is 0 Å². The number of thioether (sulfide) groups is 1. The third kappa shape index (κ3) is 6.24. The first-order chi connectivity index (χ1) is 18.2. The first-order valence-electron chi connectivity index (χ1n) is 12.7. The highest BCUT2D eigenvalue weighted by molar-refractivity contribution is 7.99. The summed E-state index contributed by atoms with van der Waals surface area (Å²) in [5.74, 6) is 2.08. The van der Waals surface area contributed by atoms with E-state index in [1.807, 2.05) is 30.3 Å². The first kappa shape index (κ1) is 25.1. The molecule has 1 atom stereocenters. The van der Waals surface area contributed by atoms with Crippen LogP contribution in [0.1, 0.15) is 29.2 Å². The van der Waals surface area contributed by atoms with Crippen molar-refractivity contribution in [2.45, 2.75) is 12.2 Å². The van der Waals surface area contributed by atoms with Crippen molar-refractivity contribution in [3.05, 3.63) is 102 Å². The third-order valence-corrected chi connectivity index (χ3v) is 7.66. The Morgan fingerprint density at radius 1 is 0.919 bits per heavy atom. The standard InChI is InChI=1S/C30H32N4O2S/c1-2-37-28(26-12-6-7-13-27(26)35)30-32-31-29(36-30)24-16-14-23(15-17-24)9-8-18-33-19-21-34(22-20-33)25-10-4-3-5-11-25/h3-17,28,35H,2,18-22H2,1H3. The van der Waals surface area contributed by atoms with Crippen molar-refractivity contribution in [2.75, 3.05) is 43.4 Å². The van der Waals surface area contributed by atoms with Gasteiger partial charge >= 0.3 is 0 Å². The van der Waals surface area contributed by atoms with Gasteiger partial charge in [-0.05, 0) is 41.6 Å². The largest absolute Gasteiger partial charge is 0.508 e. The number of anilines is 1. The zero-order valence-electron chi connectivity index (χ0n) is 21.0. The number of aromatic nitrogens is 2. The van der Waals surface area contributed by atoms with E-state index in [9.17, 15) is 5.11 Å². The SMILES string of the molecule is CCSC(c1nnc(-c2ccc(C=CCN3CCN(c4ccccc4)CC3)cc2)o1)c1ccccc1O. The summed E-state index contributed by atoms with van der Waals surface area (Å²) in [6, 6.07) is 26.1. The van der Waals surface area contributed by atoms with E-state index >= 15 is 0 Å². The fraction of sp³-hybridized carbons (Fsp3) is 0.267. The number of phenols is 1. The quantitative estimate of drug-likeness (QED) is 0.290. The van der Waals surface area contributed by atoms with Gasteiger partial charge < -0.3 is 14.4 Å². The van der Waals surface area contributed by atoms with Gasteiger partial charge in [-0.2, -0.15) is 0 Å². The molecule has 1 aromatic heterocycles. The van der Waals surface area contributed by atoms with Crippen molar-refractivity contribution < 1.29 is 9.52 Å². The van der Waals surface area contributed by atoms with Crippen LogP contribution in [0.4, 0.5) is 5.69 Å². The Hall–Kier alpha value is -3.55. The normalized spacial score (nSPS) is 15.3. The van der Waals surface area contributed by atoms with Crippen LogP contribution in [-0.2, 0) is 0 Å². The minimum atomic E-state index is -0.204. The summed E-state index contributed by atoms with van der Waals surface area (Å²) in [6.07, 6.45) is 4.40. The van der Waals surface area contributed by atoms with Crippen molar-refractivity contribution >= 4 is 23.5 Å². The third-order valence-electron chi connectivity index (χ3n) is 6.54. The van der Waals surface area contributed by atoms with Crippen LogP contribution in [0.5, 0.6) is 5.75 Å². The molecule has 1 aliphatic heterocycles. The predicted octanol–water partition coefficient (Wildman–Crippen LogP) is 6.12. The Morgan fingerprint density at radius 3 is 2.38 bits per heavy atom. The molecule has 1 N–H and O–H groups in total. The number of para-hydroxylation sites is 2. The molecule has 1 fully saturated rings. The maximum atomic E-state index is 10.3. The van der Waals surface area contributed by atoms with Crippen molar-refractivity contribution in [1.82, 2.24) is 15.1 Å². The van der Waals surface area contributed by atoms with Crippen LogP contribution >= 0.6 is 11.8 Å². The fourth-order valence-corrected chi connectivity index (χ4v) is 5.48. The second-order valence-corrected chi connectivity index (χ2v) is 10.4. The summed E-state index contributed by atoms with van der Waals surface area (Å²) < 4.78 is 6.05. The molecule has 190 valence electrons. The molecule has 6 nitrogen and oxygen atoms in total. The van der Waals surface area contributed by atoms with Crippen LogP contribution in [0.3, 0.4) is 0 Å². The van der Waals surface area contributed by atoms with Gasteiger partial charge in [-0.25, -0.2) is 0 Å². The van der Waals surface area contributed by atoms with E-state index in [0.717, 1.165) is 55.2 Å². The summed E-state index contributed by atoms with van der Waals surface area (Å²) in [7, 11) is 0. The highest BCUT2D eigenvalue weighted by atomic mass is 32.2. The van der Waals surface area contributed by atoms with Gasteiger partial charge in [-0.1, -0.05) is 67.6 Å². The van der Waals surface area contributed by atoms with E-state index in [1.165, 1.54) is 5.69 Å². The highest BCUT2D eigenvalue weighted by Gasteiger charge is 2.24. The lowest BCUT2D eigenvalue weighted by molar-refractivity contribution is 0.284. The van der Waals surface area contributed by atoms with E-state index in [4.69, 9.17) is 4.42 Å². The van der Waals surface area contributed by atoms with Crippen LogP contribution in [-0.4, -0.2) is 58.7 Å². The molecule has 4 aromatic rings. The molecule has 0 radical (unpaired) electrons. The molecule has 0 amide bonds. The molecule has 1 unspecified atom stereocenters. The minimum absolute atomic E-state index is 0.204. The average Bonchev–Trinajstić information content (AvgIpc) is 3.44. The minimum Gasteiger partial charge on any atom is -0.508 e. The summed E-state index contributed by atoms with van der Waals surface area (Å²) in [5.41, 5.74) is 4.11. The molecule has 0 aliphatic carbocycles. The highest BCUT2D eigenvalue weighted by Crippen LogP contribution is 2.39. The monoisotopic (exact) mass is 512 g/mol. The number of hydrogen-bond acceptors (Lipinski definition) is 7. The van der Waals surface area contributed by atoms with Gasteiger partial charge in [0, 0.05) is 49.5 Å². The molecular weight excluding hydrogens is 480 g/mol. The number of rotatable bonds is 9. The van der Waals surface area contributed by atoms with Crippen LogP contribution < -0.4 is 4.90 Å².